The van der Waals surface area contributed by atoms with Crippen LogP contribution in [0.25, 0.3) is 0 Å². The lowest BCUT2D eigenvalue weighted by atomic mass is 10.1. The molecular weight excluding hydrogens is 1400 g/mol. The molecule has 3 aromatic heterocycles. The molecule has 520 valence electrons. The molecule has 7 aromatic rings. The third kappa shape index (κ3) is 13.7. The normalized spacial score (nSPS) is 17.2. The summed E-state index contributed by atoms with van der Waals surface area (Å²) in [5, 5.41) is 25.5. The summed E-state index contributed by atoms with van der Waals surface area (Å²) in [6.45, 7) is -0.644. The number of nitrogens with one attached hydrogen (secondary N) is 3. The number of rotatable bonds is 12. The van der Waals surface area contributed by atoms with Crippen LogP contribution in [0.15, 0.2) is 135 Å². The van der Waals surface area contributed by atoms with Gasteiger partial charge in [0.2, 0.25) is 16.3 Å². The number of fused-ring (bicyclic) bond motifs is 12. The fourth-order valence-corrected chi connectivity index (χ4v) is 12.3. The maximum absolute atomic E-state index is 15.0. The van der Waals surface area contributed by atoms with Gasteiger partial charge in [0.1, 0.15) is 109 Å². The molecule has 0 fully saturated rings. The van der Waals surface area contributed by atoms with Crippen LogP contribution in [0.4, 0.5) is 39.5 Å². The van der Waals surface area contributed by atoms with Gasteiger partial charge in [-0.25, -0.2) is 39.5 Å². The Labute approximate surface area is 573 Å². The highest BCUT2D eigenvalue weighted by Crippen LogP contribution is 2.38. The number of hydrogen-bond acceptors (Lipinski definition) is 12. The van der Waals surface area contributed by atoms with Crippen molar-refractivity contribution in [1.82, 2.24) is 44.4 Å². The van der Waals surface area contributed by atoms with E-state index in [-0.39, 0.29) is 86.9 Å². The van der Waals surface area contributed by atoms with Crippen molar-refractivity contribution in [1.29, 1.82) is 0 Å². The van der Waals surface area contributed by atoms with Gasteiger partial charge in [0, 0.05) is 94.2 Å². The standard InChI is InChI=1S/C27H21ClF3N3O4.2C20H15ClF3N3O4/c28-21-19(30)9-8-16(22(21)31)11-32-26(36)17-12-34-20-13-33(10-4-7-18(20)29)27(37)23(34)25(24(17)35)38-14-15-5-2-1-3-6-15;2*21-14-12(23)4-3-9(15(14)24)6-25-19(30)10-7-27-13-8-26(5-1-2-11(13)22)20(31)16(27)18(29)17(10)28/h1-3,5-9,12,20H,4,10-11,13-14H2,(H,32,36);2*2-4,7,13,29H,1,5-6,8H2,(H,25,30)/t;2*13-/m.10/s1. The van der Waals surface area contributed by atoms with Crippen LogP contribution in [0.3, 0.4) is 0 Å². The number of benzene rings is 4. The number of aromatic nitrogens is 3. The Hall–Kier alpha value is -10.6. The maximum Gasteiger partial charge on any atom is 0.274 e. The van der Waals surface area contributed by atoms with E-state index in [1.807, 2.05) is 0 Å². The average Bonchev–Trinajstić information content (AvgIpc) is 1.20. The van der Waals surface area contributed by atoms with Crippen LogP contribution in [-0.2, 0) is 26.2 Å². The molecule has 21 nitrogen and oxygen atoms in total. The molecule has 100 heavy (non-hydrogen) atoms. The summed E-state index contributed by atoms with van der Waals surface area (Å²) in [5.74, 6) is -14.7. The van der Waals surface area contributed by atoms with Crippen molar-refractivity contribution in [2.24, 2.45) is 0 Å². The number of carbonyl (C=O) groups excluding carboxylic acids is 6. The van der Waals surface area contributed by atoms with Gasteiger partial charge in [-0.05, 0) is 61.3 Å². The molecule has 9 heterocycles. The molecule has 0 aliphatic carbocycles. The quantitative estimate of drug-likeness (QED) is 0.0565. The number of nitrogens with zero attached hydrogens (tertiary/aromatic N) is 6. The molecule has 0 saturated heterocycles. The van der Waals surface area contributed by atoms with Gasteiger partial charge in [-0.3, -0.25) is 43.2 Å². The highest BCUT2D eigenvalue weighted by Gasteiger charge is 2.42. The first-order valence-electron chi connectivity index (χ1n) is 30.2. The number of ether oxygens (including phenoxy) is 1. The Morgan fingerprint density at radius 2 is 0.770 bits per heavy atom. The van der Waals surface area contributed by atoms with E-state index >= 15 is 4.39 Å². The van der Waals surface area contributed by atoms with Crippen molar-refractivity contribution < 1.29 is 83.2 Å². The number of pyridine rings is 3. The zero-order valence-corrected chi connectivity index (χ0v) is 53.7. The average molecular weight is 1450 g/mol. The van der Waals surface area contributed by atoms with E-state index in [0.29, 0.717) is 12.0 Å². The molecule has 13 rings (SSSR count). The highest BCUT2D eigenvalue weighted by atomic mass is 35.5. The molecule has 6 bridgehead atoms. The zero-order chi connectivity index (χ0) is 71.9. The number of hydrogen-bond donors (Lipinski definition) is 5. The SMILES string of the molecule is O=C(NCc1ccc(F)c(Cl)c1F)c1cn2c(c(O)c1=O)C(=O)N1CCC=C(F)[C@@H]2C1.O=C(NCc1ccc(F)c(Cl)c1F)c1cn2c(c(O)c1=O)C(=O)N1CCC=C(F)[C@H]2C1.O=C(NCc1ccc(F)c(Cl)c1F)c1cn2c(c(OCc3ccccc3)c1=O)C(=O)N1CCC=C(F)C2C1. The van der Waals surface area contributed by atoms with Crippen molar-refractivity contribution in [3.63, 3.8) is 0 Å². The molecule has 1 unspecified atom stereocenters. The summed E-state index contributed by atoms with van der Waals surface area (Å²) in [7, 11) is 0. The summed E-state index contributed by atoms with van der Waals surface area (Å²) in [5.41, 5.74) is -5.30. The number of halogens is 12. The predicted molar refractivity (Wildman–Crippen MR) is 340 cm³/mol. The maximum atomic E-state index is 15.0. The van der Waals surface area contributed by atoms with Crippen molar-refractivity contribution >= 4 is 70.2 Å². The second-order valence-corrected chi connectivity index (χ2v) is 24.3. The zero-order valence-electron chi connectivity index (χ0n) is 51.4. The number of aromatic hydroxyl groups is 2. The van der Waals surface area contributed by atoms with E-state index < -0.39 is 197 Å². The second kappa shape index (κ2) is 29.1. The van der Waals surface area contributed by atoms with Gasteiger partial charge in [0.15, 0.2) is 34.3 Å². The van der Waals surface area contributed by atoms with E-state index in [1.165, 1.54) is 37.5 Å². The largest absolute Gasteiger partial charge is 0.503 e. The van der Waals surface area contributed by atoms with Crippen molar-refractivity contribution in [2.45, 2.75) is 63.6 Å². The van der Waals surface area contributed by atoms with Crippen LogP contribution < -0.4 is 37.0 Å². The fourth-order valence-electron chi connectivity index (χ4n) is 11.8. The van der Waals surface area contributed by atoms with Crippen LogP contribution in [-0.4, -0.2) is 113 Å². The Kier molecular flexibility index (Phi) is 20.6. The predicted octanol–water partition coefficient (Wildman–Crippen LogP) is 9.88. The molecule has 5 N–H and O–H groups in total. The first kappa shape index (κ1) is 70.7. The first-order valence-corrected chi connectivity index (χ1v) is 31.4. The Morgan fingerprint density at radius 3 is 1.12 bits per heavy atom. The molecule has 0 saturated carbocycles. The molecule has 6 aliphatic heterocycles. The van der Waals surface area contributed by atoms with E-state index in [4.69, 9.17) is 39.5 Å². The summed E-state index contributed by atoms with van der Waals surface area (Å²) < 4.78 is 136. The van der Waals surface area contributed by atoms with Crippen LogP contribution in [0.1, 0.15) is 122 Å². The highest BCUT2D eigenvalue weighted by molar-refractivity contribution is 6.31. The molecular formula is C67H51Cl3F9N9O12. The molecule has 6 amide bonds. The van der Waals surface area contributed by atoms with Gasteiger partial charge < -0.3 is 59.3 Å². The first-order chi connectivity index (χ1) is 47.7. The van der Waals surface area contributed by atoms with E-state index in [9.17, 15) is 88.5 Å². The van der Waals surface area contributed by atoms with Gasteiger partial charge in [-0.1, -0.05) is 83.3 Å². The monoisotopic (exact) mass is 1450 g/mol. The third-order valence-electron chi connectivity index (χ3n) is 17.1. The molecule has 4 aromatic carbocycles. The van der Waals surface area contributed by atoms with Gasteiger partial charge >= 0.3 is 0 Å². The van der Waals surface area contributed by atoms with Crippen LogP contribution in [0.5, 0.6) is 17.2 Å². The summed E-state index contributed by atoms with van der Waals surface area (Å²) >= 11 is 16.6. The minimum absolute atomic E-state index is 0.0170. The molecule has 3 atom stereocenters. The number of amides is 6. The van der Waals surface area contributed by atoms with Crippen LogP contribution in [0, 0.1) is 34.9 Å². The topological polar surface area (TPSA) is 264 Å². The van der Waals surface area contributed by atoms with Crippen LogP contribution >= 0.6 is 34.8 Å². The third-order valence-corrected chi connectivity index (χ3v) is 18.1. The lowest BCUT2D eigenvalue weighted by molar-refractivity contribution is 0.0668. The Bertz CT molecular complexity index is 4710. The van der Waals surface area contributed by atoms with Gasteiger partial charge in [0.05, 0.1) is 0 Å². The Morgan fingerprint density at radius 1 is 0.450 bits per heavy atom. The lowest BCUT2D eigenvalue weighted by Gasteiger charge is -2.34. The minimum atomic E-state index is -1.13. The minimum Gasteiger partial charge on any atom is -0.503 e. The summed E-state index contributed by atoms with van der Waals surface area (Å²) in [6, 6.07) is 12.0. The van der Waals surface area contributed by atoms with Crippen molar-refractivity contribution in [3.05, 3.63) is 258 Å². The summed E-state index contributed by atoms with van der Waals surface area (Å²) in [4.78, 5) is 119. The summed E-state index contributed by atoms with van der Waals surface area (Å²) in [6.07, 6.45) is 7.95. The van der Waals surface area contributed by atoms with Gasteiger partial charge in [0.25, 0.3) is 35.4 Å². The lowest BCUT2D eigenvalue weighted by Crippen LogP contribution is -2.45. The number of carbonyl (C=O) groups is 6. The Balaban J connectivity index is 0.000000152. The molecule has 6 aliphatic rings. The van der Waals surface area contributed by atoms with Gasteiger partial charge in [-0.15, -0.1) is 0 Å². The van der Waals surface area contributed by atoms with Crippen LogP contribution in [0.2, 0.25) is 15.1 Å². The van der Waals surface area contributed by atoms with E-state index in [0.717, 1.165) is 64.1 Å². The van der Waals surface area contributed by atoms with Gasteiger partial charge in [-0.2, -0.15) is 0 Å². The van der Waals surface area contributed by atoms with E-state index in [2.05, 4.69) is 16.0 Å². The molecule has 0 radical (unpaired) electrons. The van der Waals surface area contributed by atoms with Crippen molar-refractivity contribution in [3.8, 4) is 17.2 Å². The molecule has 33 heteroatoms. The fraction of sp³-hybridized carbons (Fsp3) is 0.239. The smallest absolute Gasteiger partial charge is 0.274 e. The van der Waals surface area contributed by atoms with Crippen molar-refractivity contribution in [2.75, 3.05) is 39.3 Å². The molecule has 0 spiro atoms. The second-order valence-electron chi connectivity index (χ2n) is 23.2. The van der Waals surface area contributed by atoms with E-state index in [1.54, 1.807) is 30.3 Å².